The van der Waals surface area contributed by atoms with Gasteiger partial charge in [-0.1, -0.05) is 19.9 Å². The molecule has 1 rings (SSSR count). The Morgan fingerprint density at radius 3 is 2.71 bits per heavy atom. The molecule has 0 unspecified atom stereocenters. The van der Waals surface area contributed by atoms with Gasteiger partial charge in [0.05, 0.1) is 6.61 Å². The van der Waals surface area contributed by atoms with Gasteiger partial charge in [0, 0.05) is 26.3 Å². The molecule has 0 aliphatic carbocycles. The molecule has 4 heteroatoms. The molecule has 4 nitrogen and oxygen atoms in total. The van der Waals surface area contributed by atoms with Crippen LogP contribution in [0, 0.1) is 5.92 Å². The smallest absolute Gasteiger partial charge is 0.128 e. The Balaban J connectivity index is 2.44. The summed E-state index contributed by atoms with van der Waals surface area (Å²) >= 11 is 0. The predicted octanol–water partition coefficient (Wildman–Crippen LogP) is 1.26. The third-order valence-corrected chi connectivity index (χ3v) is 2.52. The van der Waals surface area contributed by atoms with Crippen molar-refractivity contribution in [1.29, 1.82) is 0 Å². The topological polar surface area (TPSA) is 48.4 Å². The van der Waals surface area contributed by atoms with Crippen molar-refractivity contribution >= 4 is 5.82 Å². The van der Waals surface area contributed by atoms with E-state index in [9.17, 15) is 0 Å². The van der Waals surface area contributed by atoms with Gasteiger partial charge in [-0.2, -0.15) is 0 Å². The monoisotopic (exact) mass is 237 g/mol. The summed E-state index contributed by atoms with van der Waals surface area (Å²) in [7, 11) is 1.93. The Hall–Kier alpha value is -1.13. The van der Waals surface area contributed by atoms with E-state index < -0.39 is 0 Å². The highest BCUT2D eigenvalue weighted by Gasteiger charge is 2.01. The van der Waals surface area contributed by atoms with Crippen LogP contribution < -0.4 is 10.2 Å². The second-order valence-electron chi connectivity index (χ2n) is 4.69. The van der Waals surface area contributed by atoms with Gasteiger partial charge in [-0.3, -0.25) is 0 Å². The zero-order chi connectivity index (χ0) is 12.7. The molecule has 1 heterocycles. The number of hydrogen-bond acceptors (Lipinski definition) is 4. The molecule has 0 amide bonds. The van der Waals surface area contributed by atoms with E-state index in [0.29, 0.717) is 12.5 Å². The Morgan fingerprint density at radius 2 is 2.18 bits per heavy atom. The van der Waals surface area contributed by atoms with Crippen LogP contribution in [0.25, 0.3) is 0 Å². The Morgan fingerprint density at radius 1 is 1.41 bits per heavy atom. The van der Waals surface area contributed by atoms with E-state index in [4.69, 9.17) is 5.11 Å². The van der Waals surface area contributed by atoms with Crippen molar-refractivity contribution in [3.8, 4) is 0 Å². The predicted molar refractivity (Wildman–Crippen MR) is 71.1 cm³/mol. The van der Waals surface area contributed by atoms with E-state index in [2.05, 4.69) is 30.2 Å². The number of aliphatic hydroxyl groups is 1. The fraction of sp³-hybridized carbons (Fsp3) is 0.615. The van der Waals surface area contributed by atoms with Gasteiger partial charge in [0.1, 0.15) is 5.82 Å². The molecule has 2 N–H and O–H groups in total. The standard InChI is InChI=1S/C13H23N3O/c1-11(2)8-14-9-12-4-5-13(15-10-12)16(3)6-7-17/h4-5,10-11,14,17H,6-9H2,1-3H3. The summed E-state index contributed by atoms with van der Waals surface area (Å²) in [6, 6.07) is 4.06. The van der Waals surface area contributed by atoms with Crippen LogP contribution >= 0.6 is 0 Å². The lowest BCUT2D eigenvalue weighted by Crippen LogP contribution is -2.22. The third-order valence-electron chi connectivity index (χ3n) is 2.52. The van der Waals surface area contributed by atoms with Crippen molar-refractivity contribution in [2.75, 3.05) is 31.6 Å². The van der Waals surface area contributed by atoms with E-state index >= 15 is 0 Å². The van der Waals surface area contributed by atoms with E-state index in [1.54, 1.807) is 0 Å². The van der Waals surface area contributed by atoms with Crippen LogP contribution in [0.4, 0.5) is 5.82 Å². The summed E-state index contributed by atoms with van der Waals surface area (Å²) in [6.07, 6.45) is 1.89. The summed E-state index contributed by atoms with van der Waals surface area (Å²) < 4.78 is 0. The van der Waals surface area contributed by atoms with Gasteiger partial charge in [0.25, 0.3) is 0 Å². The van der Waals surface area contributed by atoms with Crippen LogP contribution in [0.5, 0.6) is 0 Å². The number of likely N-dealkylation sites (N-methyl/N-ethyl adjacent to an activating group) is 1. The largest absolute Gasteiger partial charge is 0.395 e. The van der Waals surface area contributed by atoms with Gasteiger partial charge in [0.15, 0.2) is 0 Å². The molecule has 17 heavy (non-hydrogen) atoms. The number of anilines is 1. The van der Waals surface area contributed by atoms with Gasteiger partial charge in [0.2, 0.25) is 0 Å². The molecule has 0 atom stereocenters. The van der Waals surface area contributed by atoms with E-state index in [-0.39, 0.29) is 6.61 Å². The fourth-order valence-electron chi connectivity index (χ4n) is 1.52. The minimum Gasteiger partial charge on any atom is -0.395 e. The summed E-state index contributed by atoms with van der Waals surface area (Å²) in [5.41, 5.74) is 1.19. The van der Waals surface area contributed by atoms with Gasteiger partial charge in [-0.15, -0.1) is 0 Å². The number of aliphatic hydroxyl groups excluding tert-OH is 1. The van der Waals surface area contributed by atoms with Gasteiger partial charge in [-0.05, 0) is 24.1 Å². The van der Waals surface area contributed by atoms with Crippen molar-refractivity contribution in [1.82, 2.24) is 10.3 Å². The van der Waals surface area contributed by atoms with Crippen LogP contribution in [-0.4, -0.2) is 36.8 Å². The summed E-state index contributed by atoms with van der Waals surface area (Å²) in [5, 5.41) is 12.2. The molecular formula is C13H23N3O. The number of nitrogens with one attached hydrogen (secondary N) is 1. The highest BCUT2D eigenvalue weighted by molar-refractivity contribution is 5.38. The Labute approximate surface area is 104 Å². The molecule has 0 aliphatic rings. The lowest BCUT2D eigenvalue weighted by molar-refractivity contribution is 0.304. The molecule has 0 aliphatic heterocycles. The van der Waals surface area contributed by atoms with E-state index in [1.807, 2.05) is 24.2 Å². The maximum atomic E-state index is 8.84. The van der Waals surface area contributed by atoms with Crippen LogP contribution in [0.3, 0.4) is 0 Å². The minimum atomic E-state index is 0.149. The normalized spacial score (nSPS) is 10.9. The second-order valence-corrected chi connectivity index (χ2v) is 4.69. The molecule has 0 saturated carbocycles. The number of nitrogens with zero attached hydrogens (tertiary/aromatic N) is 2. The quantitative estimate of drug-likeness (QED) is 0.749. The first-order chi connectivity index (χ1) is 8.13. The highest BCUT2D eigenvalue weighted by atomic mass is 16.3. The number of pyridine rings is 1. The molecule has 0 aromatic carbocycles. The molecule has 96 valence electrons. The van der Waals surface area contributed by atoms with Crippen molar-refractivity contribution in [2.45, 2.75) is 20.4 Å². The average Bonchev–Trinajstić information content (AvgIpc) is 2.30. The zero-order valence-electron chi connectivity index (χ0n) is 11.0. The molecular weight excluding hydrogens is 214 g/mol. The molecule has 1 aromatic heterocycles. The molecule has 0 saturated heterocycles. The molecule has 1 aromatic rings. The summed E-state index contributed by atoms with van der Waals surface area (Å²) in [5.74, 6) is 1.56. The lowest BCUT2D eigenvalue weighted by Gasteiger charge is -2.16. The van der Waals surface area contributed by atoms with Crippen LogP contribution in [0.2, 0.25) is 0 Å². The molecule has 0 fully saturated rings. The number of rotatable bonds is 7. The van der Waals surface area contributed by atoms with Gasteiger partial charge in [-0.25, -0.2) is 4.98 Å². The summed E-state index contributed by atoms with van der Waals surface area (Å²) in [6.45, 7) is 7.02. The first kappa shape index (κ1) is 13.9. The highest BCUT2D eigenvalue weighted by Crippen LogP contribution is 2.09. The third kappa shape index (κ3) is 5.15. The fourth-order valence-corrected chi connectivity index (χ4v) is 1.52. The van der Waals surface area contributed by atoms with Gasteiger partial charge >= 0.3 is 0 Å². The maximum absolute atomic E-state index is 8.84. The van der Waals surface area contributed by atoms with Gasteiger partial charge < -0.3 is 15.3 Å². The van der Waals surface area contributed by atoms with Crippen LogP contribution in [0.1, 0.15) is 19.4 Å². The number of hydrogen-bond donors (Lipinski definition) is 2. The molecule has 0 bridgehead atoms. The SMILES string of the molecule is CC(C)CNCc1ccc(N(C)CCO)nc1. The first-order valence-electron chi connectivity index (χ1n) is 6.11. The Bertz CT molecular complexity index is 311. The van der Waals surface area contributed by atoms with Crippen LogP contribution in [-0.2, 0) is 6.54 Å². The van der Waals surface area contributed by atoms with Crippen LogP contribution in [0.15, 0.2) is 18.3 Å². The number of aromatic nitrogens is 1. The average molecular weight is 237 g/mol. The second kappa shape index (κ2) is 7.25. The lowest BCUT2D eigenvalue weighted by atomic mass is 10.2. The minimum absolute atomic E-state index is 0.149. The van der Waals surface area contributed by atoms with E-state index in [1.165, 1.54) is 5.56 Å². The molecule has 0 spiro atoms. The summed E-state index contributed by atoms with van der Waals surface area (Å²) in [4.78, 5) is 6.31. The van der Waals surface area contributed by atoms with Crippen molar-refractivity contribution < 1.29 is 5.11 Å². The van der Waals surface area contributed by atoms with Crippen molar-refractivity contribution in [3.05, 3.63) is 23.9 Å². The maximum Gasteiger partial charge on any atom is 0.128 e. The molecule has 0 radical (unpaired) electrons. The van der Waals surface area contributed by atoms with E-state index in [0.717, 1.165) is 18.9 Å². The Kier molecular flexibility index (Phi) is 5.94. The van der Waals surface area contributed by atoms with Crippen molar-refractivity contribution in [2.24, 2.45) is 5.92 Å². The zero-order valence-corrected chi connectivity index (χ0v) is 11.0. The van der Waals surface area contributed by atoms with Crippen molar-refractivity contribution in [3.63, 3.8) is 0 Å². The first-order valence-corrected chi connectivity index (χ1v) is 6.11.